The van der Waals surface area contributed by atoms with Crippen LogP contribution in [0.1, 0.15) is 28.7 Å². The molecule has 0 aliphatic heterocycles. The van der Waals surface area contributed by atoms with Gasteiger partial charge in [-0.1, -0.05) is 17.7 Å². The predicted molar refractivity (Wildman–Crippen MR) is 98.4 cm³/mol. The van der Waals surface area contributed by atoms with Gasteiger partial charge in [0.1, 0.15) is 0 Å². The molecule has 0 radical (unpaired) electrons. The van der Waals surface area contributed by atoms with Crippen molar-refractivity contribution in [1.29, 1.82) is 0 Å². The van der Waals surface area contributed by atoms with Gasteiger partial charge < -0.3 is 10.3 Å². The maximum atomic E-state index is 12.3. The summed E-state index contributed by atoms with van der Waals surface area (Å²) in [5.41, 5.74) is 4.52. The van der Waals surface area contributed by atoms with Gasteiger partial charge in [-0.25, -0.2) is 0 Å². The SMILES string of the molecule is Cc1cc(C)c2[nH]c(=O)c(CCC(=O)NCc3cccnc3)cc2c1. The molecule has 0 aliphatic carbocycles. The summed E-state index contributed by atoms with van der Waals surface area (Å²) in [6.07, 6.45) is 4.11. The zero-order valence-electron chi connectivity index (χ0n) is 14.4. The van der Waals surface area contributed by atoms with Gasteiger partial charge in [0.2, 0.25) is 5.91 Å². The van der Waals surface area contributed by atoms with Crippen molar-refractivity contribution in [1.82, 2.24) is 15.3 Å². The number of aromatic amines is 1. The first-order valence-electron chi connectivity index (χ1n) is 8.31. The number of carbonyl (C=O) groups excluding carboxylic acids is 1. The highest BCUT2D eigenvalue weighted by atomic mass is 16.1. The van der Waals surface area contributed by atoms with Crippen LogP contribution in [-0.4, -0.2) is 15.9 Å². The van der Waals surface area contributed by atoms with Gasteiger partial charge in [-0.3, -0.25) is 14.6 Å². The molecule has 0 saturated carbocycles. The van der Waals surface area contributed by atoms with Crippen LogP contribution in [0.15, 0.2) is 47.5 Å². The number of benzene rings is 1. The molecule has 0 aliphatic rings. The van der Waals surface area contributed by atoms with E-state index in [0.717, 1.165) is 27.6 Å². The second-order valence-electron chi connectivity index (χ2n) is 6.31. The van der Waals surface area contributed by atoms with E-state index >= 15 is 0 Å². The molecular weight excluding hydrogens is 314 g/mol. The quantitative estimate of drug-likeness (QED) is 0.753. The van der Waals surface area contributed by atoms with Gasteiger partial charge in [-0.15, -0.1) is 0 Å². The Balaban J connectivity index is 1.67. The van der Waals surface area contributed by atoms with E-state index in [1.807, 2.05) is 44.2 Å². The summed E-state index contributed by atoms with van der Waals surface area (Å²) >= 11 is 0. The first-order valence-corrected chi connectivity index (χ1v) is 8.31. The van der Waals surface area contributed by atoms with E-state index in [1.165, 1.54) is 0 Å². The van der Waals surface area contributed by atoms with Crippen LogP contribution in [0.2, 0.25) is 0 Å². The van der Waals surface area contributed by atoms with Crippen LogP contribution in [0.25, 0.3) is 10.9 Å². The van der Waals surface area contributed by atoms with Crippen LogP contribution in [0, 0.1) is 13.8 Å². The van der Waals surface area contributed by atoms with Gasteiger partial charge in [0.15, 0.2) is 0 Å². The Morgan fingerprint density at radius 3 is 2.84 bits per heavy atom. The van der Waals surface area contributed by atoms with E-state index in [0.29, 0.717) is 18.5 Å². The number of pyridine rings is 2. The molecule has 1 amide bonds. The van der Waals surface area contributed by atoms with Crippen LogP contribution in [0.3, 0.4) is 0 Å². The zero-order valence-corrected chi connectivity index (χ0v) is 14.4. The third-order valence-electron chi connectivity index (χ3n) is 4.20. The van der Waals surface area contributed by atoms with Crippen molar-refractivity contribution in [3.05, 3.63) is 75.3 Å². The van der Waals surface area contributed by atoms with E-state index in [4.69, 9.17) is 0 Å². The molecule has 128 valence electrons. The topological polar surface area (TPSA) is 74.8 Å². The molecule has 3 aromatic rings. The minimum Gasteiger partial charge on any atom is -0.352 e. The Kier molecular flexibility index (Phi) is 4.93. The lowest BCUT2D eigenvalue weighted by Crippen LogP contribution is -2.24. The lowest BCUT2D eigenvalue weighted by molar-refractivity contribution is -0.121. The molecular formula is C20H21N3O2. The molecule has 0 fully saturated rings. The summed E-state index contributed by atoms with van der Waals surface area (Å²) in [6.45, 7) is 4.46. The number of aryl methyl sites for hydroxylation is 3. The number of amides is 1. The Morgan fingerprint density at radius 2 is 2.08 bits per heavy atom. The second-order valence-corrected chi connectivity index (χ2v) is 6.31. The van der Waals surface area contributed by atoms with Gasteiger partial charge in [-0.05, 0) is 55.0 Å². The lowest BCUT2D eigenvalue weighted by Gasteiger charge is -2.08. The number of aromatic nitrogens is 2. The third-order valence-corrected chi connectivity index (χ3v) is 4.20. The number of hydrogen-bond donors (Lipinski definition) is 2. The van der Waals surface area contributed by atoms with E-state index in [9.17, 15) is 9.59 Å². The molecule has 2 heterocycles. The number of carbonyl (C=O) groups is 1. The van der Waals surface area contributed by atoms with Crippen LogP contribution in [-0.2, 0) is 17.8 Å². The molecule has 0 saturated heterocycles. The standard InChI is InChI=1S/C20H21N3O2/c1-13-8-14(2)19-17(9-13)10-16(20(25)23-19)5-6-18(24)22-12-15-4-3-7-21-11-15/h3-4,7-11H,5-6,12H2,1-2H3,(H,22,24)(H,23,25). The summed E-state index contributed by atoms with van der Waals surface area (Å²) in [4.78, 5) is 31.2. The average molecular weight is 335 g/mol. The lowest BCUT2D eigenvalue weighted by atomic mass is 10.0. The first kappa shape index (κ1) is 16.9. The van der Waals surface area contributed by atoms with Crippen LogP contribution >= 0.6 is 0 Å². The molecule has 0 bridgehead atoms. The van der Waals surface area contributed by atoms with Gasteiger partial charge >= 0.3 is 0 Å². The fourth-order valence-corrected chi connectivity index (χ4v) is 2.96. The van der Waals surface area contributed by atoms with Crippen molar-refractivity contribution in [3.63, 3.8) is 0 Å². The molecule has 0 spiro atoms. The maximum absolute atomic E-state index is 12.3. The normalized spacial score (nSPS) is 10.8. The molecule has 2 N–H and O–H groups in total. The van der Waals surface area contributed by atoms with Crippen LogP contribution < -0.4 is 10.9 Å². The summed E-state index contributed by atoms with van der Waals surface area (Å²) in [5, 5.41) is 3.86. The fraction of sp³-hybridized carbons (Fsp3) is 0.250. The highest BCUT2D eigenvalue weighted by Crippen LogP contribution is 2.18. The molecule has 1 aromatic carbocycles. The van der Waals surface area contributed by atoms with E-state index in [1.54, 1.807) is 12.4 Å². The molecule has 5 nitrogen and oxygen atoms in total. The minimum absolute atomic E-state index is 0.0798. The molecule has 25 heavy (non-hydrogen) atoms. The Morgan fingerprint density at radius 1 is 1.24 bits per heavy atom. The number of nitrogens with zero attached hydrogens (tertiary/aromatic N) is 1. The number of fused-ring (bicyclic) bond motifs is 1. The number of hydrogen-bond acceptors (Lipinski definition) is 3. The van der Waals surface area contributed by atoms with E-state index in [2.05, 4.69) is 15.3 Å². The van der Waals surface area contributed by atoms with Crippen LogP contribution in [0.5, 0.6) is 0 Å². The van der Waals surface area contributed by atoms with Gasteiger partial charge in [0, 0.05) is 30.9 Å². The summed E-state index contributed by atoms with van der Waals surface area (Å²) in [5.74, 6) is -0.0798. The van der Waals surface area contributed by atoms with Crippen molar-refractivity contribution in [3.8, 4) is 0 Å². The Bertz CT molecular complexity index is 962. The summed E-state index contributed by atoms with van der Waals surface area (Å²) in [7, 11) is 0. The van der Waals surface area contributed by atoms with Crippen molar-refractivity contribution in [2.24, 2.45) is 0 Å². The van der Waals surface area contributed by atoms with Crippen molar-refractivity contribution >= 4 is 16.8 Å². The molecule has 3 rings (SSSR count). The van der Waals surface area contributed by atoms with Crippen molar-refractivity contribution in [2.75, 3.05) is 0 Å². The second kappa shape index (κ2) is 7.30. The highest BCUT2D eigenvalue weighted by Gasteiger charge is 2.08. The molecule has 0 atom stereocenters. The van der Waals surface area contributed by atoms with E-state index < -0.39 is 0 Å². The fourth-order valence-electron chi connectivity index (χ4n) is 2.96. The Hall–Kier alpha value is -2.95. The van der Waals surface area contributed by atoms with Crippen molar-refractivity contribution < 1.29 is 4.79 Å². The zero-order chi connectivity index (χ0) is 17.8. The number of nitrogens with one attached hydrogen (secondary N) is 2. The average Bonchev–Trinajstić information content (AvgIpc) is 2.60. The monoisotopic (exact) mass is 335 g/mol. The highest BCUT2D eigenvalue weighted by molar-refractivity contribution is 5.83. The predicted octanol–water partition coefficient (Wildman–Crippen LogP) is 2.79. The molecule has 2 aromatic heterocycles. The maximum Gasteiger partial charge on any atom is 0.251 e. The number of rotatable bonds is 5. The smallest absolute Gasteiger partial charge is 0.251 e. The summed E-state index contributed by atoms with van der Waals surface area (Å²) in [6, 6.07) is 9.72. The van der Waals surface area contributed by atoms with Gasteiger partial charge in [0.05, 0.1) is 5.52 Å². The van der Waals surface area contributed by atoms with Gasteiger partial charge in [-0.2, -0.15) is 0 Å². The Labute approximate surface area is 146 Å². The first-order chi connectivity index (χ1) is 12.0. The molecule has 0 unspecified atom stereocenters. The number of H-pyrrole nitrogens is 1. The summed E-state index contributed by atoms with van der Waals surface area (Å²) < 4.78 is 0. The third kappa shape index (κ3) is 4.12. The largest absolute Gasteiger partial charge is 0.352 e. The van der Waals surface area contributed by atoms with E-state index in [-0.39, 0.29) is 17.9 Å². The van der Waals surface area contributed by atoms with Crippen molar-refractivity contribution in [2.45, 2.75) is 33.2 Å². The molecule has 5 heteroatoms. The van der Waals surface area contributed by atoms with Gasteiger partial charge in [0.25, 0.3) is 5.56 Å². The van der Waals surface area contributed by atoms with Crippen LogP contribution in [0.4, 0.5) is 0 Å². The minimum atomic E-state index is -0.125.